The number of benzene rings is 1. The molecule has 2 aromatic rings. The number of carbonyl (C=O) groups excluding carboxylic acids is 1. The standard InChI is InChI=1S/C14H11Cl2NO2/c1-19-14-5-3-10(15)6-9(14)7-13(18)12-4-2-11(16)8-17-12/h2-6,8H,7H2,1H3. The Labute approximate surface area is 121 Å². The second-order valence-corrected chi connectivity index (χ2v) is 4.79. The second-order valence-electron chi connectivity index (χ2n) is 3.92. The molecule has 0 saturated heterocycles. The highest BCUT2D eigenvalue weighted by Gasteiger charge is 2.12. The summed E-state index contributed by atoms with van der Waals surface area (Å²) in [5.41, 5.74) is 1.10. The van der Waals surface area contributed by atoms with Gasteiger partial charge >= 0.3 is 0 Å². The zero-order valence-electron chi connectivity index (χ0n) is 10.2. The lowest BCUT2D eigenvalue weighted by Gasteiger charge is -2.08. The molecule has 0 radical (unpaired) electrons. The molecule has 98 valence electrons. The predicted octanol–water partition coefficient (Wildman–Crippen LogP) is 3.82. The van der Waals surface area contributed by atoms with Crippen LogP contribution < -0.4 is 4.74 Å². The summed E-state index contributed by atoms with van der Waals surface area (Å²) in [7, 11) is 1.55. The maximum atomic E-state index is 12.1. The number of pyridine rings is 1. The van der Waals surface area contributed by atoms with Gasteiger partial charge in [0.25, 0.3) is 0 Å². The predicted molar refractivity (Wildman–Crippen MR) is 75.3 cm³/mol. The molecule has 0 unspecified atom stereocenters. The molecule has 0 saturated carbocycles. The first kappa shape index (κ1) is 13.8. The molecule has 0 spiro atoms. The van der Waals surface area contributed by atoms with Gasteiger partial charge in [-0.3, -0.25) is 9.78 Å². The fraction of sp³-hybridized carbons (Fsp3) is 0.143. The number of rotatable bonds is 4. The fourth-order valence-corrected chi connectivity index (χ4v) is 2.00. The van der Waals surface area contributed by atoms with Gasteiger partial charge in [-0.25, -0.2) is 0 Å². The smallest absolute Gasteiger partial charge is 0.185 e. The van der Waals surface area contributed by atoms with Crippen LogP contribution in [0.4, 0.5) is 0 Å². The molecule has 0 fully saturated rings. The fourth-order valence-electron chi connectivity index (χ4n) is 1.69. The summed E-state index contributed by atoms with van der Waals surface area (Å²) >= 11 is 11.7. The van der Waals surface area contributed by atoms with Gasteiger partial charge in [0.15, 0.2) is 5.78 Å². The van der Waals surface area contributed by atoms with E-state index in [1.54, 1.807) is 37.4 Å². The quantitative estimate of drug-likeness (QED) is 0.805. The van der Waals surface area contributed by atoms with Crippen LogP contribution in [0.1, 0.15) is 16.1 Å². The second kappa shape index (κ2) is 6.04. The van der Waals surface area contributed by atoms with Crippen molar-refractivity contribution in [2.45, 2.75) is 6.42 Å². The summed E-state index contributed by atoms with van der Waals surface area (Å²) in [6.07, 6.45) is 1.63. The molecule has 3 nitrogen and oxygen atoms in total. The van der Waals surface area contributed by atoms with Crippen LogP contribution in [0, 0.1) is 0 Å². The Kier molecular flexibility index (Phi) is 4.40. The lowest BCUT2D eigenvalue weighted by molar-refractivity contribution is 0.0987. The van der Waals surface area contributed by atoms with Gasteiger partial charge in [-0.15, -0.1) is 0 Å². The molecule has 0 N–H and O–H groups in total. The van der Waals surface area contributed by atoms with E-state index in [2.05, 4.69) is 4.98 Å². The molecule has 19 heavy (non-hydrogen) atoms. The highest BCUT2D eigenvalue weighted by Crippen LogP contribution is 2.24. The molecule has 0 bridgehead atoms. The van der Waals surface area contributed by atoms with E-state index in [0.29, 0.717) is 21.5 Å². The van der Waals surface area contributed by atoms with Crippen LogP contribution in [0.2, 0.25) is 10.0 Å². The van der Waals surface area contributed by atoms with E-state index in [9.17, 15) is 4.79 Å². The van der Waals surface area contributed by atoms with E-state index < -0.39 is 0 Å². The lowest BCUT2D eigenvalue weighted by Crippen LogP contribution is -2.06. The first-order valence-corrected chi connectivity index (χ1v) is 6.33. The third kappa shape index (κ3) is 3.46. The maximum absolute atomic E-state index is 12.1. The Balaban J connectivity index is 2.23. The van der Waals surface area contributed by atoms with Crippen molar-refractivity contribution >= 4 is 29.0 Å². The lowest BCUT2D eigenvalue weighted by atomic mass is 10.1. The molecule has 0 amide bonds. The van der Waals surface area contributed by atoms with Crippen LogP contribution in [-0.4, -0.2) is 17.9 Å². The highest BCUT2D eigenvalue weighted by molar-refractivity contribution is 6.31. The summed E-state index contributed by atoms with van der Waals surface area (Å²) in [5.74, 6) is 0.518. The van der Waals surface area contributed by atoms with E-state index in [1.165, 1.54) is 6.20 Å². The molecule has 0 aliphatic rings. The minimum Gasteiger partial charge on any atom is -0.496 e. The van der Waals surface area contributed by atoms with E-state index >= 15 is 0 Å². The number of hydrogen-bond acceptors (Lipinski definition) is 3. The minimum absolute atomic E-state index is 0.114. The van der Waals surface area contributed by atoms with Gasteiger partial charge in [0.05, 0.1) is 12.1 Å². The van der Waals surface area contributed by atoms with Gasteiger partial charge < -0.3 is 4.74 Å². The average molecular weight is 296 g/mol. The zero-order chi connectivity index (χ0) is 13.8. The van der Waals surface area contributed by atoms with Crippen LogP contribution in [0.25, 0.3) is 0 Å². The number of Topliss-reactive ketones (excluding diaryl/α,β-unsaturated/α-hetero) is 1. The largest absolute Gasteiger partial charge is 0.496 e. The molecule has 5 heteroatoms. The number of hydrogen-bond donors (Lipinski definition) is 0. The number of ether oxygens (including phenoxy) is 1. The number of nitrogens with zero attached hydrogens (tertiary/aromatic N) is 1. The highest BCUT2D eigenvalue weighted by atomic mass is 35.5. The van der Waals surface area contributed by atoms with E-state index in [0.717, 1.165) is 5.56 Å². The molecule has 0 aliphatic heterocycles. The third-order valence-corrected chi connectivity index (χ3v) is 3.07. The van der Waals surface area contributed by atoms with Crippen molar-refractivity contribution in [2.75, 3.05) is 7.11 Å². The van der Waals surface area contributed by atoms with Crippen LogP contribution in [0.15, 0.2) is 36.5 Å². The number of halogens is 2. The summed E-state index contributed by atoms with van der Waals surface area (Å²) in [6.45, 7) is 0. The molecule has 0 aliphatic carbocycles. The first-order valence-electron chi connectivity index (χ1n) is 5.57. The van der Waals surface area contributed by atoms with Gasteiger partial charge in [-0.1, -0.05) is 23.2 Å². The Hall–Kier alpha value is -1.58. The van der Waals surface area contributed by atoms with Crippen molar-refractivity contribution < 1.29 is 9.53 Å². The minimum atomic E-state index is -0.114. The van der Waals surface area contributed by atoms with Crippen molar-refractivity contribution in [3.05, 3.63) is 57.8 Å². The number of methoxy groups -OCH3 is 1. The van der Waals surface area contributed by atoms with E-state index in [1.807, 2.05) is 0 Å². The van der Waals surface area contributed by atoms with Gasteiger partial charge in [0, 0.05) is 23.2 Å². The average Bonchev–Trinajstić information content (AvgIpc) is 2.39. The van der Waals surface area contributed by atoms with Crippen molar-refractivity contribution in [2.24, 2.45) is 0 Å². The summed E-state index contributed by atoms with van der Waals surface area (Å²) < 4.78 is 5.20. The summed E-state index contributed by atoms with van der Waals surface area (Å²) in [4.78, 5) is 16.1. The molecule has 0 atom stereocenters. The number of carbonyl (C=O) groups is 1. The van der Waals surface area contributed by atoms with Crippen LogP contribution in [0.3, 0.4) is 0 Å². The van der Waals surface area contributed by atoms with Crippen LogP contribution in [-0.2, 0) is 6.42 Å². The Bertz CT molecular complexity index is 597. The molecular formula is C14H11Cl2NO2. The SMILES string of the molecule is COc1ccc(Cl)cc1CC(=O)c1ccc(Cl)cn1. The Morgan fingerprint density at radius 2 is 1.95 bits per heavy atom. The molecule has 2 rings (SSSR count). The van der Waals surface area contributed by atoms with Gasteiger partial charge in [0.2, 0.25) is 0 Å². The summed E-state index contributed by atoms with van der Waals surface area (Å²) in [5, 5.41) is 1.06. The molecular weight excluding hydrogens is 285 g/mol. The number of aromatic nitrogens is 1. The number of ketones is 1. The Morgan fingerprint density at radius 1 is 1.21 bits per heavy atom. The van der Waals surface area contributed by atoms with Crippen LogP contribution in [0.5, 0.6) is 5.75 Å². The van der Waals surface area contributed by atoms with E-state index in [4.69, 9.17) is 27.9 Å². The van der Waals surface area contributed by atoms with Crippen molar-refractivity contribution in [1.82, 2.24) is 4.98 Å². The Morgan fingerprint density at radius 3 is 2.58 bits per heavy atom. The monoisotopic (exact) mass is 295 g/mol. The molecule has 1 aromatic heterocycles. The first-order chi connectivity index (χ1) is 9.10. The van der Waals surface area contributed by atoms with Crippen molar-refractivity contribution in [3.63, 3.8) is 0 Å². The summed E-state index contributed by atoms with van der Waals surface area (Å²) in [6, 6.07) is 8.40. The third-order valence-electron chi connectivity index (χ3n) is 2.61. The van der Waals surface area contributed by atoms with E-state index in [-0.39, 0.29) is 12.2 Å². The molecule has 1 aromatic carbocycles. The van der Waals surface area contributed by atoms with Crippen molar-refractivity contribution in [3.8, 4) is 5.75 Å². The molecule has 1 heterocycles. The maximum Gasteiger partial charge on any atom is 0.185 e. The van der Waals surface area contributed by atoms with Gasteiger partial charge in [0.1, 0.15) is 11.4 Å². The van der Waals surface area contributed by atoms with Crippen molar-refractivity contribution in [1.29, 1.82) is 0 Å². The zero-order valence-corrected chi connectivity index (χ0v) is 11.7. The van der Waals surface area contributed by atoms with Gasteiger partial charge in [-0.05, 0) is 30.3 Å². The topological polar surface area (TPSA) is 39.2 Å². The normalized spacial score (nSPS) is 10.3. The van der Waals surface area contributed by atoms with Gasteiger partial charge in [-0.2, -0.15) is 0 Å². The van der Waals surface area contributed by atoms with Crippen LogP contribution >= 0.6 is 23.2 Å².